The van der Waals surface area contributed by atoms with Crippen LogP contribution in [0, 0.1) is 6.92 Å². The molecule has 0 unspecified atom stereocenters. The largest absolute Gasteiger partial charge is 0.497 e. The summed E-state index contributed by atoms with van der Waals surface area (Å²) in [6.45, 7) is 2.57. The molecular weight excluding hydrogens is 428 g/mol. The fourth-order valence-corrected chi connectivity index (χ4v) is 4.30. The summed E-state index contributed by atoms with van der Waals surface area (Å²) in [7, 11) is -1.91. The molecule has 32 heavy (non-hydrogen) atoms. The fourth-order valence-electron chi connectivity index (χ4n) is 3.33. The lowest BCUT2D eigenvalue weighted by molar-refractivity contribution is -0.121. The van der Waals surface area contributed by atoms with Crippen molar-refractivity contribution in [2.75, 3.05) is 24.2 Å². The summed E-state index contributed by atoms with van der Waals surface area (Å²) >= 11 is 0. The summed E-state index contributed by atoms with van der Waals surface area (Å²) in [5, 5.41) is 2.89. The second-order valence-corrected chi connectivity index (χ2v) is 9.33. The number of carbonyl (C=O) groups excluding carboxylic acids is 1. The van der Waals surface area contributed by atoms with Crippen molar-refractivity contribution >= 4 is 21.6 Å². The van der Waals surface area contributed by atoms with E-state index in [1.54, 1.807) is 37.6 Å². The van der Waals surface area contributed by atoms with Crippen LogP contribution in [0.4, 0.5) is 5.69 Å². The van der Waals surface area contributed by atoms with Crippen molar-refractivity contribution < 1.29 is 17.9 Å². The monoisotopic (exact) mass is 456 g/mol. The Bertz CT molecular complexity index is 1140. The van der Waals surface area contributed by atoms with E-state index in [1.165, 1.54) is 4.31 Å². The zero-order valence-corrected chi connectivity index (χ0v) is 19.3. The third-order valence-electron chi connectivity index (χ3n) is 5.06. The molecule has 0 aliphatic carbocycles. The number of aromatic nitrogens is 2. The molecule has 1 N–H and O–H groups in total. The van der Waals surface area contributed by atoms with Crippen LogP contribution in [0.3, 0.4) is 0 Å². The van der Waals surface area contributed by atoms with E-state index in [9.17, 15) is 13.2 Å². The molecule has 3 aromatic rings. The first-order chi connectivity index (χ1) is 15.3. The Morgan fingerprint density at radius 3 is 2.38 bits per heavy atom. The maximum absolute atomic E-state index is 12.3. The van der Waals surface area contributed by atoms with Crippen LogP contribution in [0.5, 0.6) is 5.75 Å². The number of amides is 1. The second-order valence-electron chi connectivity index (χ2n) is 7.42. The number of rotatable bonds is 10. The van der Waals surface area contributed by atoms with Gasteiger partial charge < -0.3 is 14.6 Å². The van der Waals surface area contributed by atoms with Gasteiger partial charge in [-0.3, -0.25) is 9.10 Å². The molecule has 1 amide bonds. The quantitative estimate of drug-likeness (QED) is 0.506. The number of nitrogens with one attached hydrogen (secondary N) is 1. The predicted octanol–water partition coefficient (Wildman–Crippen LogP) is 3.05. The van der Waals surface area contributed by atoms with Gasteiger partial charge in [0.05, 0.1) is 19.1 Å². The number of ether oxygens (including phenoxy) is 1. The van der Waals surface area contributed by atoms with Gasteiger partial charge in [-0.15, -0.1) is 0 Å². The van der Waals surface area contributed by atoms with Crippen molar-refractivity contribution in [1.82, 2.24) is 14.9 Å². The van der Waals surface area contributed by atoms with E-state index in [0.717, 1.165) is 23.3 Å². The van der Waals surface area contributed by atoms with Crippen molar-refractivity contribution in [2.45, 2.75) is 26.3 Å². The van der Waals surface area contributed by atoms with Crippen LogP contribution in [0.1, 0.15) is 24.2 Å². The number of benzene rings is 2. The Balaban J connectivity index is 1.49. The maximum Gasteiger partial charge on any atom is 0.232 e. The Hall–Kier alpha value is -3.33. The smallest absolute Gasteiger partial charge is 0.232 e. The zero-order chi connectivity index (χ0) is 23.1. The summed E-state index contributed by atoms with van der Waals surface area (Å²) in [4.78, 5) is 16.5. The molecule has 8 nitrogen and oxygen atoms in total. The van der Waals surface area contributed by atoms with E-state index in [2.05, 4.69) is 10.3 Å². The number of hydrogen-bond donors (Lipinski definition) is 1. The topological polar surface area (TPSA) is 93.5 Å². The average molecular weight is 457 g/mol. The van der Waals surface area contributed by atoms with E-state index in [-0.39, 0.29) is 18.9 Å². The molecule has 9 heteroatoms. The summed E-state index contributed by atoms with van der Waals surface area (Å²) < 4.78 is 32.8. The molecule has 0 aliphatic heterocycles. The molecule has 0 aliphatic rings. The first-order valence-electron chi connectivity index (χ1n) is 10.3. The van der Waals surface area contributed by atoms with E-state index in [1.807, 2.05) is 42.0 Å². The molecule has 1 aromatic heterocycles. The van der Waals surface area contributed by atoms with Gasteiger partial charge in [0.25, 0.3) is 0 Å². The van der Waals surface area contributed by atoms with Crippen molar-refractivity contribution in [1.29, 1.82) is 0 Å². The number of imidazole rings is 1. The van der Waals surface area contributed by atoms with Crippen molar-refractivity contribution in [3.8, 4) is 11.4 Å². The molecular formula is C23H28N4O4S. The summed E-state index contributed by atoms with van der Waals surface area (Å²) in [6, 6.07) is 14.7. The zero-order valence-electron chi connectivity index (χ0n) is 18.5. The lowest BCUT2D eigenvalue weighted by Gasteiger charge is -2.22. The maximum atomic E-state index is 12.3. The van der Waals surface area contributed by atoms with E-state index >= 15 is 0 Å². The highest BCUT2D eigenvalue weighted by molar-refractivity contribution is 7.92. The molecule has 1 heterocycles. The number of carbonyl (C=O) groups is 1. The minimum Gasteiger partial charge on any atom is -0.497 e. The fraction of sp³-hybridized carbons (Fsp3) is 0.304. The lowest BCUT2D eigenvalue weighted by atomic mass is 10.2. The standard InChI is InChI=1S/C23H28N4O4S/c1-18-24-14-16-26(18)20-8-6-19(7-9-20)17-25-23(28)5-4-15-27(32(3,29)30)21-10-12-22(31-2)13-11-21/h6-14,16H,4-5,15,17H2,1-3H3,(H,25,28). The van der Waals surface area contributed by atoms with Crippen molar-refractivity contribution in [3.63, 3.8) is 0 Å². The number of methoxy groups -OCH3 is 1. The lowest BCUT2D eigenvalue weighted by Crippen LogP contribution is -2.32. The molecule has 0 atom stereocenters. The van der Waals surface area contributed by atoms with Gasteiger partial charge in [0.1, 0.15) is 11.6 Å². The number of anilines is 1. The summed E-state index contributed by atoms with van der Waals surface area (Å²) in [6.07, 6.45) is 5.45. The Morgan fingerprint density at radius 1 is 1.12 bits per heavy atom. The van der Waals surface area contributed by atoms with Crippen LogP contribution in [-0.4, -0.2) is 43.8 Å². The third kappa shape index (κ3) is 6.10. The number of hydrogen-bond acceptors (Lipinski definition) is 5. The van der Waals surface area contributed by atoms with Gasteiger partial charge in [-0.05, 0) is 55.3 Å². The van der Waals surface area contributed by atoms with Crippen LogP contribution in [-0.2, 0) is 21.4 Å². The molecule has 0 radical (unpaired) electrons. The second kappa shape index (κ2) is 10.3. The normalized spacial score (nSPS) is 11.2. The summed E-state index contributed by atoms with van der Waals surface area (Å²) in [5.41, 5.74) is 2.53. The van der Waals surface area contributed by atoms with Crippen LogP contribution < -0.4 is 14.4 Å². The van der Waals surface area contributed by atoms with Crippen LogP contribution in [0.2, 0.25) is 0 Å². The Labute approximate surface area is 188 Å². The SMILES string of the molecule is COc1ccc(N(CCCC(=O)NCc2ccc(-n3ccnc3C)cc2)S(C)(=O)=O)cc1. The molecule has 3 rings (SSSR count). The van der Waals surface area contributed by atoms with Gasteiger partial charge in [0.15, 0.2) is 0 Å². The van der Waals surface area contributed by atoms with Crippen LogP contribution in [0.25, 0.3) is 5.69 Å². The predicted molar refractivity (Wildman–Crippen MR) is 125 cm³/mol. The number of nitrogens with zero attached hydrogens (tertiary/aromatic N) is 3. The van der Waals surface area contributed by atoms with Crippen LogP contribution >= 0.6 is 0 Å². The molecule has 0 saturated carbocycles. The van der Waals surface area contributed by atoms with Crippen LogP contribution in [0.15, 0.2) is 60.9 Å². The van der Waals surface area contributed by atoms with E-state index in [0.29, 0.717) is 24.4 Å². The molecule has 0 spiro atoms. The van der Waals surface area contributed by atoms with Gasteiger partial charge >= 0.3 is 0 Å². The molecule has 2 aromatic carbocycles. The van der Waals surface area contributed by atoms with Gasteiger partial charge in [-0.1, -0.05) is 12.1 Å². The highest BCUT2D eigenvalue weighted by atomic mass is 32.2. The highest BCUT2D eigenvalue weighted by Gasteiger charge is 2.17. The number of sulfonamides is 1. The summed E-state index contributed by atoms with van der Waals surface area (Å²) in [5.74, 6) is 1.43. The molecule has 0 bridgehead atoms. The van der Waals surface area contributed by atoms with E-state index < -0.39 is 10.0 Å². The average Bonchev–Trinajstić information content (AvgIpc) is 3.21. The number of aryl methyl sites for hydroxylation is 1. The van der Waals surface area contributed by atoms with Gasteiger partial charge in [-0.25, -0.2) is 13.4 Å². The Morgan fingerprint density at radius 2 is 1.81 bits per heavy atom. The third-order valence-corrected chi connectivity index (χ3v) is 6.25. The molecule has 170 valence electrons. The Kier molecular flexibility index (Phi) is 7.53. The minimum atomic E-state index is -3.46. The van der Waals surface area contributed by atoms with Crippen molar-refractivity contribution in [3.05, 3.63) is 72.3 Å². The first kappa shape index (κ1) is 23.3. The first-order valence-corrected chi connectivity index (χ1v) is 12.1. The minimum absolute atomic E-state index is 0.122. The van der Waals surface area contributed by atoms with E-state index in [4.69, 9.17) is 4.74 Å². The van der Waals surface area contributed by atoms with Gasteiger partial charge in [0.2, 0.25) is 15.9 Å². The molecule has 0 fully saturated rings. The van der Waals surface area contributed by atoms with Gasteiger partial charge in [0, 0.05) is 37.6 Å². The van der Waals surface area contributed by atoms with Crippen molar-refractivity contribution in [2.24, 2.45) is 0 Å². The highest BCUT2D eigenvalue weighted by Crippen LogP contribution is 2.22. The molecule has 0 saturated heterocycles. The van der Waals surface area contributed by atoms with Gasteiger partial charge in [-0.2, -0.15) is 0 Å².